The molecule has 0 aromatic heterocycles. The molecule has 8 nitrogen and oxygen atoms in total. The van der Waals surface area contributed by atoms with Crippen LogP contribution in [0.1, 0.15) is 43.0 Å². The van der Waals surface area contributed by atoms with Crippen LogP contribution in [-0.4, -0.2) is 62.6 Å². The van der Waals surface area contributed by atoms with Gasteiger partial charge in [-0.3, -0.25) is 9.59 Å². The molecule has 0 spiro atoms. The third-order valence-electron chi connectivity index (χ3n) is 5.05. The number of benzene rings is 1. The van der Waals surface area contributed by atoms with E-state index in [-0.39, 0.29) is 30.9 Å². The number of likely N-dealkylation sites (tertiary alicyclic amines) is 1. The van der Waals surface area contributed by atoms with Crippen molar-refractivity contribution in [2.45, 2.75) is 32.6 Å². The summed E-state index contributed by atoms with van der Waals surface area (Å²) in [6.07, 6.45) is 3.53. The highest BCUT2D eigenvalue weighted by Crippen LogP contribution is 2.16. The molecular formula is C21H32N4O4. The molecule has 1 aromatic carbocycles. The van der Waals surface area contributed by atoms with Crippen LogP contribution in [0, 0.1) is 5.92 Å². The molecule has 0 atom stereocenters. The Bertz CT molecular complexity index is 670. The van der Waals surface area contributed by atoms with Crippen molar-refractivity contribution in [3.63, 3.8) is 0 Å². The van der Waals surface area contributed by atoms with Crippen molar-refractivity contribution in [1.29, 1.82) is 0 Å². The van der Waals surface area contributed by atoms with Crippen LogP contribution in [0.2, 0.25) is 0 Å². The molecule has 0 unspecified atom stereocenters. The van der Waals surface area contributed by atoms with Crippen LogP contribution in [0.5, 0.6) is 0 Å². The van der Waals surface area contributed by atoms with Crippen molar-refractivity contribution in [3.8, 4) is 0 Å². The zero-order valence-corrected chi connectivity index (χ0v) is 17.3. The van der Waals surface area contributed by atoms with E-state index in [9.17, 15) is 14.4 Å². The summed E-state index contributed by atoms with van der Waals surface area (Å²) in [6.45, 7) is 6.44. The summed E-state index contributed by atoms with van der Waals surface area (Å²) < 4.78 is 4.52. The van der Waals surface area contributed by atoms with Gasteiger partial charge in [0.2, 0.25) is 0 Å². The number of anilines is 1. The van der Waals surface area contributed by atoms with Crippen LogP contribution >= 0.6 is 0 Å². The fourth-order valence-corrected chi connectivity index (χ4v) is 3.33. The van der Waals surface area contributed by atoms with Crippen molar-refractivity contribution >= 4 is 23.6 Å². The number of nitrogens with one attached hydrogen (secondary N) is 3. The van der Waals surface area contributed by atoms with Gasteiger partial charge in [-0.15, -0.1) is 0 Å². The van der Waals surface area contributed by atoms with Gasteiger partial charge in [0, 0.05) is 24.3 Å². The second kappa shape index (κ2) is 12.1. The molecule has 1 aromatic rings. The Hall–Kier alpha value is -2.61. The molecule has 29 heavy (non-hydrogen) atoms. The van der Waals surface area contributed by atoms with Gasteiger partial charge in [-0.05, 0) is 69.1 Å². The monoisotopic (exact) mass is 404 g/mol. The molecule has 160 valence electrons. The second-order valence-electron chi connectivity index (χ2n) is 7.28. The lowest BCUT2D eigenvalue weighted by Crippen LogP contribution is -2.40. The van der Waals surface area contributed by atoms with Gasteiger partial charge in [0.1, 0.15) is 0 Å². The molecule has 0 radical (unpaired) electrons. The van der Waals surface area contributed by atoms with Gasteiger partial charge in [0.05, 0.1) is 13.5 Å². The number of carbonyl (C=O) groups excluding carboxylic acids is 3. The lowest BCUT2D eigenvalue weighted by atomic mass is 9.97. The van der Waals surface area contributed by atoms with Crippen molar-refractivity contribution in [3.05, 3.63) is 29.8 Å². The zero-order valence-electron chi connectivity index (χ0n) is 17.3. The summed E-state index contributed by atoms with van der Waals surface area (Å²) in [6, 6.07) is 6.38. The Morgan fingerprint density at radius 2 is 1.79 bits per heavy atom. The quantitative estimate of drug-likeness (QED) is 0.548. The zero-order chi connectivity index (χ0) is 21.1. The Morgan fingerprint density at radius 3 is 2.41 bits per heavy atom. The molecule has 8 heteroatoms. The number of nitrogens with zero attached hydrogens (tertiary/aromatic N) is 1. The van der Waals surface area contributed by atoms with Crippen LogP contribution in [0.4, 0.5) is 10.5 Å². The molecule has 3 amide bonds. The molecule has 1 saturated heterocycles. The SMILES string of the molecule is CCCN1CCC(CNC(=O)Nc2ccc(C(=O)NCCC(=O)OC)cc2)CC1. The van der Waals surface area contributed by atoms with E-state index in [4.69, 9.17) is 0 Å². The minimum atomic E-state index is -0.373. The molecule has 1 aliphatic heterocycles. The number of urea groups is 1. The molecule has 0 saturated carbocycles. The summed E-state index contributed by atoms with van der Waals surface area (Å²) in [5, 5.41) is 8.38. The van der Waals surface area contributed by atoms with Crippen LogP contribution in [0.25, 0.3) is 0 Å². The molecular weight excluding hydrogens is 372 g/mol. The van der Waals surface area contributed by atoms with E-state index in [1.807, 2.05) is 0 Å². The van der Waals surface area contributed by atoms with Crippen molar-refractivity contribution < 1.29 is 19.1 Å². The molecule has 0 bridgehead atoms. The van der Waals surface area contributed by atoms with E-state index in [0.29, 0.717) is 23.7 Å². The number of methoxy groups -OCH3 is 1. The van der Waals surface area contributed by atoms with Crippen LogP contribution < -0.4 is 16.0 Å². The number of carbonyl (C=O) groups is 3. The third-order valence-corrected chi connectivity index (χ3v) is 5.05. The first-order valence-corrected chi connectivity index (χ1v) is 10.2. The van der Waals surface area contributed by atoms with E-state index >= 15 is 0 Å². The maximum absolute atomic E-state index is 12.1. The number of amides is 3. The molecule has 3 N–H and O–H groups in total. The van der Waals surface area contributed by atoms with Gasteiger partial charge in [-0.25, -0.2) is 4.79 Å². The van der Waals surface area contributed by atoms with Crippen LogP contribution in [0.3, 0.4) is 0 Å². The topological polar surface area (TPSA) is 99.8 Å². The van der Waals surface area contributed by atoms with Gasteiger partial charge in [0.25, 0.3) is 5.91 Å². The van der Waals surface area contributed by atoms with Gasteiger partial charge in [-0.2, -0.15) is 0 Å². The fourth-order valence-electron chi connectivity index (χ4n) is 3.33. The molecule has 1 heterocycles. The highest BCUT2D eigenvalue weighted by atomic mass is 16.5. The lowest BCUT2D eigenvalue weighted by Gasteiger charge is -2.31. The highest BCUT2D eigenvalue weighted by molar-refractivity contribution is 5.95. The first kappa shape index (κ1) is 22.7. The molecule has 1 fully saturated rings. The van der Waals surface area contributed by atoms with Gasteiger partial charge < -0.3 is 25.6 Å². The predicted octanol–water partition coefficient (Wildman–Crippen LogP) is 2.22. The van der Waals surface area contributed by atoms with E-state index in [2.05, 4.69) is 32.5 Å². The molecule has 0 aliphatic carbocycles. The Kier molecular flexibility index (Phi) is 9.43. The lowest BCUT2D eigenvalue weighted by molar-refractivity contribution is -0.140. The normalized spacial score (nSPS) is 14.8. The first-order chi connectivity index (χ1) is 14.0. The van der Waals surface area contributed by atoms with Crippen molar-refractivity contribution in [2.24, 2.45) is 5.92 Å². The number of esters is 1. The average molecular weight is 405 g/mol. The number of ether oxygens (including phenoxy) is 1. The summed E-state index contributed by atoms with van der Waals surface area (Å²) in [4.78, 5) is 37.7. The smallest absolute Gasteiger partial charge is 0.319 e. The Labute approximate surface area is 172 Å². The summed E-state index contributed by atoms with van der Waals surface area (Å²) in [5.74, 6) is -0.133. The number of hydrogen-bond acceptors (Lipinski definition) is 5. The fraction of sp³-hybridized carbons (Fsp3) is 0.571. The van der Waals surface area contributed by atoms with E-state index < -0.39 is 0 Å². The largest absolute Gasteiger partial charge is 0.469 e. The Balaban J connectivity index is 1.69. The minimum absolute atomic E-state index is 0.125. The standard InChI is InChI=1S/C21H32N4O4/c1-3-12-25-13-9-16(10-14-25)15-23-21(28)24-18-6-4-17(5-7-18)20(27)22-11-8-19(26)29-2/h4-7,16H,3,8-15H2,1-2H3,(H,22,27)(H2,23,24,28). The van der Waals surface area contributed by atoms with Crippen LogP contribution in [-0.2, 0) is 9.53 Å². The Morgan fingerprint density at radius 1 is 1.10 bits per heavy atom. The van der Waals surface area contributed by atoms with E-state index in [0.717, 1.165) is 32.5 Å². The summed E-state index contributed by atoms with van der Waals surface area (Å²) in [5.41, 5.74) is 1.08. The van der Waals surface area contributed by atoms with Crippen LogP contribution in [0.15, 0.2) is 24.3 Å². The van der Waals surface area contributed by atoms with Crippen molar-refractivity contribution in [2.75, 3.05) is 45.2 Å². The summed E-state index contributed by atoms with van der Waals surface area (Å²) in [7, 11) is 1.31. The minimum Gasteiger partial charge on any atom is -0.469 e. The third kappa shape index (κ3) is 8.11. The summed E-state index contributed by atoms with van der Waals surface area (Å²) >= 11 is 0. The van der Waals surface area contributed by atoms with Gasteiger partial charge in [-0.1, -0.05) is 6.92 Å². The van der Waals surface area contributed by atoms with Gasteiger partial charge >= 0.3 is 12.0 Å². The maximum atomic E-state index is 12.1. The van der Waals surface area contributed by atoms with Gasteiger partial charge in [0.15, 0.2) is 0 Å². The van der Waals surface area contributed by atoms with Crippen molar-refractivity contribution in [1.82, 2.24) is 15.5 Å². The first-order valence-electron chi connectivity index (χ1n) is 10.2. The predicted molar refractivity (Wildman–Crippen MR) is 112 cm³/mol. The highest BCUT2D eigenvalue weighted by Gasteiger charge is 2.19. The number of hydrogen-bond donors (Lipinski definition) is 3. The van der Waals surface area contributed by atoms with E-state index in [1.54, 1.807) is 24.3 Å². The van der Waals surface area contributed by atoms with E-state index in [1.165, 1.54) is 13.5 Å². The second-order valence-corrected chi connectivity index (χ2v) is 7.28. The number of piperidine rings is 1. The average Bonchev–Trinajstić information content (AvgIpc) is 2.73. The molecule has 2 rings (SSSR count). The number of rotatable bonds is 9. The molecule has 1 aliphatic rings. The maximum Gasteiger partial charge on any atom is 0.319 e.